The Labute approximate surface area is 126 Å². The van der Waals surface area contributed by atoms with Gasteiger partial charge < -0.3 is 16.0 Å². The molecule has 0 bridgehead atoms. The molecule has 0 spiro atoms. The summed E-state index contributed by atoms with van der Waals surface area (Å²) in [6.45, 7) is 8.59. The molecule has 0 radical (unpaired) electrons. The van der Waals surface area contributed by atoms with Crippen LogP contribution in [0.5, 0.6) is 0 Å². The molecule has 5 nitrogen and oxygen atoms in total. The third kappa shape index (κ3) is 4.21. The van der Waals surface area contributed by atoms with Gasteiger partial charge in [0.05, 0.1) is 12.0 Å². The van der Waals surface area contributed by atoms with Gasteiger partial charge in [0.1, 0.15) is 0 Å². The van der Waals surface area contributed by atoms with E-state index in [-0.39, 0.29) is 18.4 Å². The van der Waals surface area contributed by atoms with Crippen molar-refractivity contribution in [2.24, 2.45) is 0 Å². The van der Waals surface area contributed by atoms with Gasteiger partial charge in [0.2, 0.25) is 11.8 Å². The topological polar surface area (TPSA) is 75.4 Å². The number of anilines is 1. The van der Waals surface area contributed by atoms with Crippen LogP contribution in [0, 0.1) is 0 Å². The Morgan fingerprint density at radius 1 is 1.19 bits per heavy atom. The number of nitrogens with one attached hydrogen (secondary N) is 1. The fourth-order valence-corrected chi connectivity index (χ4v) is 2.17. The van der Waals surface area contributed by atoms with Gasteiger partial charge in [-0.3, -0.25) is 9.59 Å². The van der Waals surface area contributed by atoms with Crippen LogP contribution in [0.1, 0.15) is 33.3 Å². The largest absolute Gasteiger partial charge is 0.399 e. The van der Waals surface area contributed by atoms with E-state index in [0.29, 0.717) is 18.8 Å². The van der Waals surface area contributed by atoms with Crippen molar-refractivity contribution in [3.8, 4) is 0 Å². The highest BCUT2D eigenvalue weighted by molar-refractivity contribution is 5.91. The van der Waals surface area contributed by atoms with E-state index in [1.165, 1.54) is 0 Å². The number of nitrogens with zero attached hydrogens (tertiary/aromatic N) is 1. The summed E-state index contributed by atoms with van der Waals surface area (Å²) in [6.07, 6.45) is 0. The van der Waals surface area contributed by atoms with Gasteiger partial charge in [-0.05, 0) is 45.4 Å². The van der Waals surface area contributed by atoms with E-state index in [0.717, 1.165) is 5.56 Å². The summed E-state index contributed by atoms with van der Waals surface area (Å²) in [4.78, 5) is 26.0. The van der Waals surface area contributed by atoms with Crippen LogP contribution in [0.25, 0.3) is 0 Å². The van der Waals surface area contributed by atoms with Crippen molar-refractivity contribution in [2.45, 2.75) is 33.1 Å². The Hall–Kier alpha value is -2.04. The van der Waals surface area contributed by atoms with Crippen molar-refractivity contribution in [3.63, 3.8) is 0 Å². The molecule has 0 unspecified atom stereocenters. The molecule has 0 aromatic heterocycles. The molecule has 116 valence electrons. The maximum atomic E-state index is 12.7. The van der Waals surface area contributed by atoms with E-state index in [1.54, 1.807) is 17.0 Å². The number of hydrogen-bond acceptors (Lipinski definition) is 3. The number of carbonyl (C=O) groups is 2. The molecule has 0 aliphatic heterocycles. The molecule has 21 heavy (non-hydrogen) atoms. The van der Waals surface area contributed by atoms with Crippen LogP contribution >= 0.6 is 0 Å². The predicted octanol–water partition coefficient (Wildman–Crippen LogP) is 1.53. The van der Waals surface area contributed by atoms with Crippen LogP contribution < -0.4 is 11.1 Å². The van der Waals surface area contributed by atoms with Crippen molar-refractivity contribution >= 4 is 17.5 Å². The van der Waals surface area contributed by atoms with Crippen molar-refractivity contribution in [1.29, 1.82) is 0 Å². The third-order valence-electron chi connectivity index (χ3n) is 3.54. The lowest BCUT2D eigenvalue weighted by Gasteiger charge is -2.31. The van der Waals surface area contributed by atoms with Crippen LogP contribution in [0.4, 0.5) is 5.69 Å². The molecule has 0 aliphatic rings. The van der Waals surface area contributed by atoms with Crippen molar-refractivity contribution in [1.82, 2.24) is 10.2 Å². The first-order chi connectivity index (χ1) is 9.82. The molecule has 2 amide bonds. The van der Waals surface area contributed by atoms with E-state index in [1.807, 2.05) is 39.8 Å². The van der Waals surface area contributed by atoms with Gasteiger partial charge in [0.15, 0.2) is 0 Å². The monoisotopic (exact) mass is 291 g/mol. The Morgan fingerprint density at radius 2 is 1.76 bits per heavy atom. The lowest BCUT2D eigenvalue weighted by atomic mass is 9.83. The summed E-state index contributed by atoms with van der Waals surface area (Å²) in [5.74, 6) is -0.207. The van der Waals surface area contributed by atoms with E-state index in [2.05, 4.69) is 5.32 Å². The highest BCUT2D eigenvalue weighted by atomic mass is 16.2. The number of amides is 2. The maximum Gasteiger partial charge on any atom is 0.239 e. The van der Waals surface area contributed by atoms with Crippen molar-refractivity contribution in [3.05, 3.63) is 29.8 Å². The molecule has 0 saturated heterocycles. The number of nitrogens with two attached hydrogens (primary N) is 1. The minimum Gasteiger partial charge on any atom is -0.399 e. The van der Waals surface area contributed by atoms with Gasteiger partial charge in [-0.25, -0.2) is 0 Å². The Kier molecular flexibility index (Phi) is 5.76. The van der Waals surface area contributed by atoms with E-state index in [9.17, 15) is 9.59 Å². The molecule has 5 heteroatoms. The molecule has 3 N–H and O–H groups in total. The first-order valence-corrected chi connectivity index (χ1v) is 7.25. The molecule has 0 atom stereocenters. The van der Waals surface area contributed by atoms with Crippen LogP contribution in [0.3, 0.4) is 0 Å². The summed E-state index contributed by atoms with van der Waals surface area (Å²) in [5, 5.41) is 2.71. The summed E-state index contributed by atoms with van der Waals surface area (Å²) >= 11 is 0. The SMILES string of the molecule is CCNC(=O)CN(CC)C(=O)C(C)(C)c1ccc(N)cc1. The molecule has 1 aromatic carbocycles. The second-order valence-corrected chi connectivity index (χ2v) is 5.52. The lowest BCUT2D eigenvalue weighted by Crippen LogP contribution is -2.47. The quantitative estimate of drug-likeness (QED) is 0.780. The second-order valence-electron chi connectivity index (χ2n) is 5.52. The predicted molar refractivity (Wildman–Crippen MR) is 84.8 cm³/mol. The number of benzene rings is 1. The lowest BCUT2D eigenvalue weighted by molar-refractivity contribution is -0.139. The molecule has 1 rings (SSSR count). The van der Waals surface area contributed by atoms with E-state index < -0.39 is 5.41 Å². The zero-order chi connectivity index (χ0) is 16.0. The zero-order valence-corrected chi connectivity index (χ0v) is 13.3. The first kappa shape index (κ1) is 17.0. The summed E-state index contributed by atoms with van der Waals surface area (Å²) < 4.78 is 0. The van der Waals surface area contributed by atoms with Gasteiger partial charge in [-0.1, -0.05) is 12.1 Å². The average molecular weight is 291 g/mol. The minimum atomic E-state index is -0.698. The third-order valence-corrected chi connectivity index (χ3v) is 3.54. The highest BCUT2D eigenvalue weighted by Gasteiger charge is 2.33. The van der Waals surface area contributed by atoms with E-state index >= 15 is 0 Å². The van der Waals surface area contributed by atoms with Gasteiger partial charge >= 0.3 is 0 Å². The fraction of sp³-hybridized carbons (Fsp3) is 0.500. The number of rotatable bonds is 6. The summed E-state index contributed by atoms with van der Waals surface area (Å²) in [6, 6.07) is 7.27. The Bertz CT molecular complexity index is 495. The molecular weight excluding hydrogens is 266 g/mol. The van der Waals surface area contributed by atoms with Gasteiger partial charge in [0.25, 0.3) is 0 Å². The van der Waals surface area contributed by atoms with Gasteiger partial charge in [-0.15, -0.1) is 0 Å². The Balaban J connectivity index is 2.91. The standard InChI is InChI=1S/C16H25N3O2/c1-5-18-14(20)11-19(6-2)15(21)16(3,4)12-7-9-13(17)10-8-12/h7-10H,5-6,11,17H2,1-4H3,(H,18,20). The summed E-state index contributed by atoms with van der Waals surface area (Å²) in [5.41, 5.74) is 6.53. The fourth-order valence-electron chi connectivity index (χ4n) is 2.17. The number of hydrogen-bond donors (Lipinski definition) is 2. The first-order valence-electron chi connectivity index (χ1n) is 7.25. The average Bonchev–Trinajstić information content (AvgIpc) is 2.44. The number of likely N-dealkylation sites (N-methyl/N-ethyl adjacent to an activating group) is 2. The highest BCUT2D eigenvalue weighted by Crippen LogP contribution is 2.26. The van der Waals surface area contributed by atoms with Crippen LogP contribution in [0.15, 0.2) is 24.3 Å². The maximum absolute atomic E-state index is 12.7. The molecule has 0 heterocycles. The van der Waals surface area contributed by atoms with Crippen LogP contribution in [0.2, 0.25) is 0 Å². The molecule has 0 fully saturated rings. The van der Waals surface area contributed by atoms with E-state index in [4.69, 9.17) is 5.73 Å². The number of nitrogen functional groups attached to an aromatic ring is 1. The van der Waals surface area contributed by atoms with Crippen LogP contribution in [-0.4, -0.2) is 36.3 Å². The zero-order valence-electron chi connectivity index (χ0n) is 13.3. The Morgan fingerprint density at radius 3 is 2.24 bits per heavy atom. The smallest absolute Gasteiger partial charge is 0.239 e. The molecule has 0 saturated carbocycles. The van der Waals surface area contributed by atoms with Crippen molar-refractivity contribution in [2.75, 3.05) is 25.4 Å². The molecule has 1 aromatic rings. The normalized spacial score (nSPS) is 11.0. The van der Waals surface area contributed by atoms with Crippen molar-refractivity contribution < 1.29 is 9.59 Å². The second kappa shape index (κ2) is 7.11. The molecular formula is C16H25N3O2. The van der Waals surface area contributed by atoms with Crippen LogP contribution in [-0.2, 0) is 15.0 Å². The minimum absolute atomic E-state index is 0.0685. The summed E-state index contributed by atoms with van der Waals surface area (Å²) in [7, 11) is 0. The van der Waals surface area contributed by atoms with Gasteiger partial charge in [0, 0.05) is 18.8 Å². The number of carbonyl (C=O) groups excluding carboxylic acids is 2. The molecule has 0 aliphatic carbocycles. The van der Waals surface area contributed by atoms with Gasteiger partial charge in [-0.2, -0.15) is 0 Å².